The number of aliphatic hydroxyl groups is 1. The van der Waals surface area contributed by atoms with Gasteiger partial charge < -0.3 is 25.4 Å². The fraction of sp³-hybridized carbons (Fsp3) is 0.455. The van der Waals surface area contributed by atoms with Crippen LogP contribution in [0.2, 0.25) is 0 Å². The van der Waals surface area contributed by atoms with E-state index in [1.165, 1.54) is 25.0 Å². The topological polar surface area (TPSA) is 82.0 Å². The van der Waals surface area contributed by atoms with Crippen molar-refractivity contribution in [2.75, 3.05) is 31.1 Å². The van der Waals surface area contributed by atoms with Crippen molar-refractivity contribution in [2.45, 2.75) is 39.0 Å². The number of rotatable bonds is 9. The number of pyridine rings is 1. The number of benzene rings is 1. The summed E-state index contributed by atoms with van der Waals surface area (Å²) in [5, 5.41) is 16.7. The minimum absolute atomic E-state index is 0.0551. The lowest BCUT2D eigenvalue weighted by Crippen LogP contribution is -2.39. The van der Waals surface area contributed by atoms with Gasteiger partial charge in [-0.05, 0) is 55.2 Å². The van der Waals surface area contributed by atoms with Crippen LogP contribution in [0.4, 0.5) is 14.6 Å². The van der Waals surface area contributed by atoms with Gasteiger partial charge in [0.15, 0.2) is 5.96 Å². The van der Waals surface area contributed by atoms with Gasteiger partial charge in [0.1, 0.15) is 11.6 Å². The smallest absolute Gasteiger partial charge is 0.387 e. The van der Waals surface area contributed by atoms with Gasteiger partial charge in [-0.25, -0.2) is 9.98 Å². The molecule has 168 valence electrons. The molecule has 1 aliphatic heterocycles. The molecule has 7 nitrogen and oxygen atoms in total. The van der Waals surface area contributed by atoms with Gasteiger partial charge in [-0.15, -0.1) is 0 Å². The van der Waals surface area contributed by atoms with Crippen LogP contribution < -0.4 is 20.3 Å². The van der Waals surface area contributed by atoms with Gasteiger partial charge in [-0.3, -0.25) is 0 Å². The largest absolute Gasteiger partial charge is 0.435 e. The van der Waals surface area contributed by atoms with E-state index < -0.39 is 12.7 Å². The minimum Gasteiger partial charge on any atom is -0.435 e. The summed E-state index contributed by atoms with van der Waals surface area (Å²) in [6, 6.07) is 9.95. The highest BCUT2D eigenvalue weighted by Gasteiger charge is 2.14. The molecule has 1 saturated heterocycles. The van der Waals surface area contributed by atoms with Crippen LogP contribution >= 0.6 is 0 Å². The predicted molar refractivity (Wildman–Crippen MR) is 117 cm³/mol. The molecule has 1 fully saturated rings. The van der Waals surface area contributed by atoms with Crippen LogP contribution in [0.5, 0.6) is 5.75 Å². The summed E-state index contributed by atoms with van der Waals surface area (Å²) in [4.78, 5) is 11.3. The maximum atomic E-state index is 12.3. The number of aliphatic imine (C=N–C) groups is 1. The van der Waals surface area contributed by atoms with Crippen LogP contribution in [0.25, 0.3) is 0 Å². The van der Waals surface area contributed by atoms with E-state index in [1.54, 1.807) is 12.1 Å². The fourth-order valence-electron chi connectivity index (χ4n) is 3.37. The maximum absolute atomic E-state index is 12.3. The molecule has 0 spiro atoms. The zero-order valence-electron chi connectivity index (χ0n) is 17.6. The van der Waals surface area contributed by atoms with Gasteiger partial charge in [-0.1, -0.05) is 12.1 Å². The number of hydrogen-bond donors (Lipinski definition) is 3. The van der Waals surface area contributed by atoms with Crippen molar-refractivity contribution in [3.63, 3.8) is 0 Å². The van der Waals surface area contributed by atoms with E-state index in [4.69, 9.17) is 0 Å². The third-order valence-electron chi connectivity index (χ3n) is 4.96. The molecule has 2 aromatic rings. The first-order chi connectivity index (χ1) is 15.0. The molecule has 0 aliphatic carbocycles. The minimum atomic E-state index is -2.87. The maximum Gasteiger partial charge on any atom is 0.387 e. The Morgan fingerprint density at radius 2 is 1.94 bits per heavy atom. The summed E-state index contributed by atoms with van der Waals surface area (Å²) in [7, 11) is 0. The van der Waals surface area contributed by atoms with E-state index in [2.05, 4.69) is 36.3 Å². The molecule has 1 aromatic heterocycles. The van der Waals surface area contributed by atoms with Crippen LogP contribution in [0.15, 0.2) is 47.6 Å². The van der Waals surface area contributed by atoms with E-state index >= 15 is 0 Å². The molecule has 3 rings (SSSR count). The Kier molecular flexibility index (Phi) is 8.40. The number of hydrogen-bond acceptors (Lipinski definition) is 5. The average molecular weight is 434 g/mol. The third kappa shape index (κ3) is 7.06. The Hall–Kier alpha value is -2.94. The number of guanidine groups is 1. The van der Waals surface area contributed by atoms with Gasteiger partial charge in [-0.2, -0.15) is 8.78 Å². The van der Waals surface area contributed by atoms with E-state index in [-0.39, 0.29) is 12.3 Å². The van der Waals surface area contributed by atoms with E-state index in [9.17, 15) is 13.9 Å². The molecule has 31 heavy (non-hydrogen) atoms. The summed E-state index contributed by atoms with van der Waals surface area (Å²) in [6.45, 7) is 2.55. The van der Waals surface area contributed by atoms with Crippen molar-refractivity contribution in [3.8, 4) is 5.75 Å². The van der Waals surface area contributed by atoms with Crippen molar-refractivity contribution in [2.24, 2.45) is 4.99 Å². The first-order valence-electron chi connectivity index (χ1n) is 10.5. The highest BCUT2D eigenvalue weighted by atomic mass is 19.3. The van der Waals surface area contributed by atoms with Crippen molar-refractivity contribution in [1.82, 2.24) is 15.6 Å². The second-order valence-corrected chi connectivity index (χ2v) is 7.26. The van der Waals surface area contributed by atoms with E-state index in [0.29, 0.717) is 24.6 Å². The number of halogens is 2. The second-order valence-electron chi connectivity index (χ2n) is 7.26. The molecule has 1 aliphatic rings. The Morgan fingerprint density at radius 1 is 1.19 bits per heavy atom. The summed E-state index contributed by atoms with van der Waals surface area (Å²) >= 11 is 0. The molecular weight excluding hydrogens is 404 g/mol. The van der Waals surface area contributed by atoms with Crippen LogP contribution in [-0.4, -0.2) is 48.8 Å². The lowest BCUT2D eigenvalue weighted by atomic mass is 10.1. The first kappa shape index (κ1) is 22.7. The monoisotopic (exact) mass is 433 g/mol. The fourth-order valence-corrected chi connectivity index (χ4v) is 3.37. The number of nitrogens with zero attached hydrogens (tertiary/aromatic N) is 3. The van der Waals surface area contributed by atoms with Gasteiger partial charge >= 0.3 is 6.61 Å². The van der Waals surface area contributed by atoms with Crippen molar-refractivity contribution in [1.29, 1.82) is 0 Å². The number of aliphatic hydroxyl groups excluding tert-OH is 1. The highest BCUT2D eigenvalue weighted by Crippen LogP contribution is 2.20. The molecule has 3 N–H and O–H groups in total. The van der Waals surface area contributed by atoms with Crippen molar-refractivity contribution >= 4 is 11.8 Å². The van der Waals surface area contributed by atoms with Crippen molar-refractivity contribution < 1.29 is 18.6 Å². The van der Waals surface area contributed by atoms with E-state index in [1.807, 2.05) is 19.2 Å². The van der Waals surface area contributed by atoms with Crippen LogP contribution in [0.1, 0.15) is 37.0 Å². The molecule has 0 radical (unpaired) electrons. The van der Waals surface area contributed by atoms with Gasteiger partial charge in [0.05, 0.1) is 12.6 Å². The average Bonchev–Trinajstić information content (AvgIpc) is 3.31. The zero-order valence-corrected chi connectivity index (χ0v) is 17.6. The SMILES string of the molecule is CCNC(=NCc1ccnc(N2CCCC2)c1)NCC(O)c1ccc(OC(F)F)cc1. The number of alkyl halides is 2. The number of anilines is 1. The highest BCUT2D eigenvalue weighted by molar-refractivity contribution is 5.79. The van der Waals surface area contributed by atoms with Crippen LogP contribution in [0, 0.1) is 0 Å². The molecule has 1 atom stereocenters. The molecule has 9 heteroatoms. The van der Waals surface area contributed by atoms with Gasteiger partial charge in [0.25, 0.3) is 0 Å². The molecule has 1 unspecified atom stereocenters. The first-order valence-corrected chi connectivity index (χ1v) is 10.5. The molecule has 0 amide bonds. The summed E-state index contributed by atoms with van der Waals surface area (Å²) in [6.07, 6.45) is 3.38. The summed E-state index contributed by atoms with van der Waals surface area (Å²) in [5.41, 5.74) is 1.65. The Morgan fingerprint density at radius 3 is 2.61 bits per heavy atom. The van der Waals surface area contributed by atoms with Crippen LogP contribution in [0.3, 0.4) is 0 Å². The Balaban J connectivity index is 1.56. The number of aromatic nitrogens is 1. The Labute approximate surface area is 181 Å². The number of ether oxygens (including phenoxy) is 1. The molecule has 0 bridgehead atoms. The zero-order chi connectivity index (χ0) is 22.1. The molecule has 2 heterocycles. The quantitative estimate of drug-likeness (QED) is 0.417. The normalized spacial score (nSPS) is 15.3. The number of nitrogens with one attached hydrogen (secondary N) is 2. The molecule has 1 aromatic carbocycles. The Bertz CT molecular complexity index is 842. The standard InChI is InChI=1S/C22H29F2N5O2/c1-2-25-22(27-14-16-9-10-26-20(13-16)29-11-3-4-12-29)28-15-19(30)17-5-7-18(8-6-17)31-21(23)24/h5-10,13,19,21,30H,2-4,11-12,14-15H2,1H3,(H2,25,27,28). The molecule has 0 saturated carbocycles. The second kappa shape index (κ2) is 11.5. The van der Waals surface area contributed by atoms with E-state index in [0.717, 1.165) is 24.5 Å². The lowest BCUT2D eigenvalue weighted by molar-refractivity contribution is -0.0498. The van der Waals surface area contributed by atoms with Crippen LogP contribution in [-0.2, 0) is 6.54 Å². The van der Waals surface area contributed by atoms with Gasteiger partial charge in [0.2, 0.25) is 0 Å². The van der Waals surface area contributed by atoms with Crippen molar-refractivity contribution in [3.05, 3.63) is 53.7 Å². The lowest BCUT2D eigenvalue weighted by Gasteiger charge is -2.17. The summed E-state index contributed by atoms with van der Waals surface area (Å²) in [5.74, 6) is 1.62. The third-order valence-corrected chi connectivity index (χ3v) is 4.96. The van der Waals surface area contributed by atoms with Gasteiger partial charge in [0, 0.05) is 32.4 Å². The molecular formula is C22H29F2N5O2. The predicted octanol–water partition coefficient (Wildman–Crippen LogP) is 3.07. The summed E-state index contributed by atoms with van der Waals surface area (Å²) < 4.78 is 28.8.